The maximum atomic E-state index is 14.0. The number of anilines is 1. The molecule has 4 bridgehead atoms. The van der Waals surface area contributed by atoms with Gasteiger partial charge in [0.2, 0.25) is 5.91 Å². The molecule has 2 fully saturated rings. The summed E-state index contributed by atoms with van der Waals surface area (Å²) in [5.41, 5.74) is 0.429. The molecule has 0 aliphatic carbocycles. The number of allylic oxidation sites excluding steroid dienone is 3. The smallest absolute Gasteiger partial charge is 0.409 e. The fourth-order valence-corrected chi connectivity index (χ4v) is 7.12. The van der Waals surface area contributed by atoms with Crippen LogP contribution in [0.1, 0.15) is 62.0 Å². The van der Waals surface area contributed by atoms with Crippen molar-refractivity contribution in [1.82, 2.24) is 10.6 Å². The third kappa shape index (κ3) is 8.44. The SMILES string of the molecule is COc1cc2cc(c1Cl)N(C)C(=O)C[C@H](OC(=O)NCc1ccc(C(C)=O)cc1)[C@]1(C)O[C@H]1[C@H](C)[C@@H]1C[C@@](O)(NC(=O)O1)[C@H](OC)/C=C/C=C(\C)C2. The van der Waals surface area contributed by atoms with E-state index >= 15 is 0 Å². The molecule has 3 amide bonds. The molecule has 13 nitrogen and oxygen atoms in total. The molecule has 2 saturated heterocycles. The fourth-order valence-electron chi connectivity index (χ4n) is 6.81. The molecule has 2 aromatic rings. The summed E-state index contributed by atoms with van der Waals surface area (Å²) in [6.45, 7) is 7.03. The second-order valence-corrected chi connectivity index (χ2v) is 14.2. The van der Waals surface area contributed by atoms with Crippen LogP contribution in [0.5, 0.6) is 5.75 Å². The predicted octanol–water partition coefficient (Wildman–Crippen LogP) is 5.25. The molecule has 2 aromatic carbocycles. The van der Waals surface area contributed by atoms with Gasteiger partial charge in [-0.2, -0.15) is 0 Å². The first-order chi connectivity index (χ1) is 24.6. The monoisotopic (exact) mass is 739 g/mol. The zero-order chi connectivity index (χ0) is 38.0. The van der Waals surface area contributed by atoms with Crippen LogP contribution in [0, 0.1) is 5.92 Å². The van der Waals surface area contributed by atoms with Crippen molar-refractivity contribution in [3.63, 3.8) is 0 Å². The number of amides is 3. The summed E-state index contributed by atoms with van der Waals surface area (Å²) in [7, 11) is 4.51. The first-order valence-corrected chi connectivity index (χ1v) is 17.4. The Morgan fingerprint density at radius 2 is 1.88 bits per heavy atom. The molecule has 0 spiro atoms. The number of ketones is 1. The van der Waals surface area contributed by atoms with Crippen LogP contribution in [0.15, 0.2) is 60.2 Å². The second-order valence-electron chi connectivity index (χ2n) is 13.8. The van der Waals surface area contributed by atoms with Gasteiger partial charge < -0.3 is 39.0 Å². The molecule has 3 N–H and O–H groups in total. The summed E-state index contributed by atoms with van der Waals surface area (Å²) < 4.78 is 29.0. The minimum atomic E-state index is -1.81. The number of epoxide rings is 1. The Labute approximate surface area is 308 Å². The molecular formula is C38H46ClN3O10. The van der Waals surface area contributed by atoms with Crippen molar-refractivity contribution in [2.75, 3.05) is 26.2 Å². The van der Waals surface area contributed by atoms with Crippen LogP contribution in [-0.2, 0) is 36.7 Å². The van der Waals surface area contributed by atoms with Gasteiger partial charge in [-0.3, -0.25) is 14.9 Å². The summed E-state index contributed by atoms with van der Waals surface area (Å²) in [6.07, 6.45) is 0.285. The summed E-state index contributed by atoms with van der Waals surface area (Å²) in [6, 6.07) is 10.4. The van der Waals surface area contributed by atoms with E-state index in [1.54, 1.807) is 69.4 Å². The Hall–Kier alpha value is -4.43. The number of Topliss-reactive ketones (excluding diaryl/α,β-unsaturated/α-hetero) is 1. The maximum absolute atomic E-state index is 14.0. The number of alkyl carbamates (subject to hydrolysis) is 2. The van der Waals surface area contributed by atoms with Gasteiger partial charge in [0, 0.05) is 38.6 Å². The molecule has 3 aliphatic heterocycles. The van der Waals surface area contributed by atoms with E-state index in [9.17, 15) is 24.3 Å². The van der Waals surface area contributed by atoms with Crippen LogP contribution in [0.3, 0.4) is 0 Å². The molecule has 14 heteroatoms. The Bertz CT molecular complexity index is 1760. The van der Waals surface area contributed by atoms with Gasteiger partial charge in [-0.05, 0) is 50.5 Å². The number of hydrogen-bond acceptors (Lipinski definition) is 10. The van der Waals surface area contributed by atoms with Crippen molar-refractivity contribution in [2.45, 2.75) is 89.2 Å². The first kappa shape index (κ1) is 38.8. The molecule has 0 aromatic heterocycles. The van der Waals surface area contributed by atoms with Gasteiger partial charge in [0.15, 0.2) is 11.5 Å². The van der Waals surface area contributed by atoms with Gasteiger partial charge in [-0.1, -0.05) is 66.6 Å². The number of nitrogens with one attached hydrogen (secondary N) is 2. The fraction of sp³-hybridized carbons (Fsp3) is 0.474. The van der Waals surface area contributed by atoms with Gasteiger partial charge in [0.05, 0.1) is 25.3 Å². The van der Waals surface area contributed by atoms with Crippen molar-refractivity contribution < 1.29 is 48.0 Å². The van der Waals surface area contributed by atoms with E-state index in [1.165, 1.54) is 26.0 Å². The van der Waals surface area contributed by atoms with Crippen molar-refractivity contribution in [2.24, 2.45) is 5.92 Å². The zero-order valence-electron chi connectivity index (χ0n) is 30.4. The Morgan fingerprint density at radius 3 is 2.54 bits per heavy atom. The Morgan fingerprint density at radius 1 is 1.17 bits per heavy atom. The average Bonchev–Trinajstić information content (AvgIpc) is 3.80. The highest BCUT2D eigenvalue weighted by molar-refractivity contribution is 6.35. The summed E-state index contributed by atoms with van der Waals surface area (Å²) in [5, 5.41) is 17.2. The van der Waals surface area contributed by atoms with Crippen LogP contribution >= 0.6 is 11.6 Å². The third-order valence-electron chi connectivity index (χ3n) is 10.00. The normalized spacial score (nSPS) is 30.8. The third-order valence-corrected chi connectivity index (χ3v) is 10.4. The number of carbonyl (C=O) groups is 4. The van der Waals surface area contributed by atoms with E-state index in [4.69, 9.17) is 35.3 Å². The molecule has 3 aliphatic rings. The van der Waals surface area contributed by atoms with Crippen molar-refractivity contribution in [3.8, 4) is 5.75 Å². The van der Waals surface area contributed by atoms with Crippen molar-refractivity contribution in [1.29, 1.82) is 0 Å². The number of aliphatic hydroxyl groups is 1. The molecule has 52 heavy (non-hydrogen) atoms. The molecule has 0 unspecified atom stereocenters. The number of fused-ring (bicyclic) bond motifs is 5. The summed E-state index contributed by atoms with van der Waals surface area (Å²) >= 11 is 6.74. The van der Waals surface area contributed by atoms with E-state index in [0.717, 1.165) is 16.7 Å². The van der Waals surface area contributed by atoms with Crippen LogP contribution in [0.25, 0.3) is 0 Å². The van der Waals surface area contributed by atoms with Gasteiger partial charge in [-0.25, -0.2) is 9.59 Å². The topological polar surface area (TPSA) is 165 Å². The number of nitrogens with zero attached hydrogens (tertiary/aromatic N) is 1. The van der Waals surface area contributed by atoms with Crippen molar-refractivity contribution >= 4 is 41.2 Å². The first-order valence-electron chi connectivity index (χ1n) is 17.0. The van der Waals surface area contributed by atoms with E-state index in [0.29, 0.717) is 23.4 Å². The molecule has 7 atom stereocenters. The van der Waals surface area contributed by atoms with Gasteiger partial charge in [0.1, 0.15) is 34.7 Å². The predicted molar refractivity (Wildman–Crippen MR) is 192 cm³/mol. The van der Waals surface area contributed by atoms with Gasteiger partial charge in [0.25, 0.3) is 0 Å². The van der Waals surface area contributed by atoms with Crippen LogP contribution in [0.2, 0.25) is 5.02 Å². The standard InChI is InChI=1S/C38H46ClN3O10/c1-21-9-8-10-30(49-7)38(47)19-29(50-36(46)41-38)22(2)34-37(4,52-34)31(51-35(45)40-20-24-11-13-26(14-12-24)23(3)43)18-32(44)42(5)27-16-25(15-21)17-28(48-6)33(27)39/h8-14,16-17,22,29-31,34,47H,15,18-20H2,1-7H3,(H,40,45)(H,41,46)/b10-8+,21-9+/t22-,29+,30-,31+,34+,37+,38+/m1/s1. The number of rotatable bonds is 6. The summed E-state index contributed by atoms with van der Waals surface area (Å²) in [5.74, 6) is -0.622. The average molecular weight is 740 g/mol. The minimum absolute atomic E-state index is 0.0401. The number of halogens is 1. The van der Waals surface area contributed by atoms with E-state index in [-0.39, 0.29) is 30.2 Å². The highest BCUT2D eigenvalue weighted by Crippen LogP contribution is 2.49. The second kappa shape index (κ2) is 15.7. The number of ether oxygens (including phenoxy) is 5. The van der Waals surface area contributed by atoms with Gasteiger partial charge >= 0.3 is 12.2 Å². The van der Waals surface area contributed by atoms with Crippen LogP contribution in [0.4, 0.5) is 15.3 Å². The Kier molecular flexibility index (Phi) is 11.7. The van der Waals surface area contributed by atoms with Crippen LogP contribution in [-0.4, -0.2) is 86.0 Å². The molecule has 280 valence electrons. The summed E-state index contributed by atoms with van der Waals surface area (Å²) in [4.78, 5) is 53.2. The lowest BCUT2D eigenvalue weighted by Gasteiger charge is -2.42. The minimum Gasteiger partial charge on any atom is -0.495 e. The highest BCUT2D eigenvalue weighted by Gasteiger charge is 2.64. The van der Waals surface area contributed by atoms with Crippen LogP contribution < -0.4 is 20.3 Å². The molecule has 5 rings (SSSR count). The lowest BCUT2D eigenvalue weighted by Crippen LogP contribution is -2.63. The molecule has 0 saturated carbocycles. The van der Waals surface area contributed by atoms with E-state index in [2.05, 4.69) is 10.6 Å². The zero-order valence-corrected chi connectivity index (χ0v) is 31.1. The lowest BCUT2D eigenvalue weighted by molar-refractivity contribution is -0.142. The molecule has 3 heterocycles. The van der Waals surface area contributed by atoms with E-state index in [1.807, 2.05) is 13.0 Å². The lowest BCUT2D eigenvalue weighted by atomic mass is 9.83. The van der Waals surface area contributed by atoms with E-state index < -0.39 is 59.8 Å². The quantitative estimate of drug-likeness (QED) is 0.263. The highest BCUT2D eigenvalue weighted by atomic mass is 35.5. The van der Waals surface area contributed by atoms with Gasteiger partial charge in [-0.15, -0.1) is 0 Å². The number of benzene rings is 2. The Balaban J connectivity index is 1.49. The molecule has 0 radical (unpaired) electrons. The largest absolute Gasteiger partial charge is 0.495 e. The van der Waals surface area contributed by atoms with Crippen molar-refractivity contribution in [3.05, 3.63) is 81.9 Å². The number of methoxy groups -OCH3 is 2. The number of hydrogen-bond donors (Lipinski definition) is 3. The molecular weight excluding hydrogens is 694 g/mol. The number of carbonyl (C=O) groups excluding carboxylic acids is 4. The maximum Gasteiger partial charge on any atom is 0.409 e.